The van der Waals surface area contributed by atoms with Gasteiger partial charge in [-0.25, -0.2) is 4.79 Å². The molecule has 0 atom stereocenters. The van der Waals surface area contributed by atoms with E-state index in [1.54, 1.807) is 18.2 Å². The Morgan fingerprint density at radius 2 is 1.95 bits per heavy atom. The van der Waals surface area contributed by atoms with Crippen molar-refractivity contribution in [1.29, 1.82) is 0 Å². The molecule has 12 heteroatoms. The number of unbranched alkanes of at least 4 members (excludes halogenated alkanes) is 1. The van der Waals surface area contributed by atoms with Crippen LogP contribution in [0.25, 0.3) is 6.08 Å². The smallest absolute Gasteiger partial charge is 0.339 e. The van der Waals surface area contributed by atoms with Gasteiger partial charge in [-0.1, -0.05) is 24.9 Å². The maximum atomic E-state index is 12.9. The van der Waals surface area contributed by atoms with Crippen LogP contribution in [-0.2, 0) is 14.3 Å². The highest BCUT2D eigenvalue weighted by atomic mass is 79.9. The molecule has 2 aromatic rings. The molecule has 9 nitrogen and oxygen atoms in total. The monoisotopic (exact) mass is 624 g/mol. The third-order valence-electron chi connectivity index (χ3n) is 5.21. The number of amides is 3. The molecule has 0 radical (unpaired) electrons. The average molecular weight is 626 g/mol. The summed E-state index contributed by atoms with van der Waals surface area (Å²) in [5.74, 6) is -0.837. The third kappa shape index (κ3) is 7.30. The number of nitrogens with zero attached hydrogens (tertiary/aromatic N) is 1. The number of rotatable bonds is 11. The maximum Gasteiger partial charge on any atom is 0.339 e. The van der Waals surface area contributed by atoms with Crippen molar-refractivity contribution in [2.45, 2.75) is 26.7 Å². The zero-order valence-electron chi connectivity index (χ0n) is 21.0. The van der Waals surface area contributed by atoms with Crippen LogP contribution in [-0.4, -0.2) is 54.8 Å². The topological polar surface area (TPSA) is 111 Å². The van der Waals surface area contributed by atoms with Crippen LogP contribution >= 0.6 is 39.3 Å². The van der Waals surface area contributed by atoms with Crippen LogP contribution in [0.4, 0.5) is 10.5 Å². The Morgan fingerprint density at radius 1 is 1.18 bits per heavy atom. The quantitative estimate of drug-likeness (QED) is 0.180. The summed E-state index contributed by atoms with van der Waals surface area (Å²) in [6.07, 6.45) is 3.13. The van der Waals surface area contributed by atoms with E-state index < -0.39 is 29.6 Å². The van der Waals surface area contributed by atoms with Gasteiger partial charge in [0.25, 0.3) is 11.1 Å². The molecule has 0 unspecified atom stereocenters. The SMILES string of the molecule is CCCCOC(=O)c1cc(NC(=O)CN2C(=O)S/C(=C/c3cc(Br)c(OC)c(OCC)c3)C2=O)ccc1Cl. The molecule has 2 aromatic carbocycles. The molecular formula is C26H26BrClN2O7S. The minimum Gasteiger partial charge on any atom is -0.492 e. The number of carbonyl (C=O) groups excluding carboxylic acids is 4. The summed E-state index contributed by atoms with van der Waals surface area (Å²) < 4.78 is 16.8. The number of hydrogen-bond acceptors (Lipinski definition) is 8. The van der Waals surface area contributed by atoms with Crippen LogP contribution in [0.3, 0.4) is 0 Å². The summed E-state index contributed by atoms with van der Waals surface area (Å²) in [7, 11) is 1.52. The fourth-order valence-electron chi connectivity index (χ4n) is 3.41. The van der Waals surface area contributed by atoms with Gasteiger partial charge in [0, 0.05) is 5.69 Å². The van der Waals surface area contributed by atoms with Crippen LogP contribution < -0.4 is 14.8 Å². The van der Waals surface area contributed by atoms with Crippen LogP contribution in [0.15, 0.2) is 39.7 Å². The number of hydrogen-bond donors (Lipinski definition) is 1. The highest BCUT2D eigenvalue weighted by Crippen LogP contribution is 2.39. The molecule has 0 aliphatic carbocycles. The first-order chi connectivity index (χ1) is 18.2. The molecule has 1 fully saturated rings. The summed E-state index contributed by atoms with van der Waals surface area (Å²) in [5.41, 5.74) is 0.984. The summed E-state index contributed by atoms with van der Waals surface area (Å²) in [5, 5.41) is 2.19. The van der Waals surface area contributed by atoms with Crippen molar-refractivity contribution in [3.63, 3.8) is 0 Å². The van der Waals surface area contributed by atoms with Gasteiger partial charge in [-0.15, -0.1) is 0 Å². The van der Waals surface area contributed by atoms with E-state index in [1.807, 2.05) is 13.8 Å². The summed E-state index contributed by atoms with van der Waals surface area (Å²) in [6.45, 7) is 3.97. The van der Waals surface area contributed by atoms with Crippen molar-refractivity contribution in [3.8, 4) is 11.5 Å². The highest BCUT2D eigenvalue weighted by molar-refractivity contribution is 9.10. The second-order valence-electron chi connectivity index (χ2n) is 7.97. The highest BCUT2D eigenvalue weighted by Gasteiger charge is 2.36. The number of nitrogens with one attached hydrogen (secondary N) is 1. The van der Waals surface area contributed by atoms with E-state index in [4.69, 9.17) is 25.8 Å². The van der Waals surface area contributed by atoms with E-state index in [2.05, 4.69) is 21.2 Å². The Labute approximate surface area is 237 Å². The molecule has 1 heterocycles. The van der Waals surface area contributed by atoms with Crippen molar-refractivity contribution < 1.29 is 33.4 Å². The molecule has 1 aliphatic heterocycles. The maximum absolute atomic E-state index is 12.9. The van der Waals surface area contributed by atoms with Crippen molar-refractivity contribution in [1.82, 2.24) is 4.90 Å². The fraction of sp³-hybridized carbons (Fsp3) is 0.308. The van der Waals surface area contributed by atoms with Crippen LogP contribution in [0, 0.1) is 0 Å². The lowest BCUT2D eigenvalue weighted by Crippen LogP contribution is -2.36. The van der Waals surface area contributed by atoms with Gasteiger partial charge in [-0.2, -0.15) is 0 Å². The Bertz CT molecular complexity index is 1280. The summed E-state index contributed by atoms with van der Waals surface area (Å²) in [4.78, 5) is 51.4. The lowest BCUT2D eigenvalue weighted by atomic mass is 10.2. The minimum absolute atomic E-state index is 0.103. The number of ether oxygens (including phenoxy) is 3. The number of carbonyl (C=O) groups is 4. The molecule has 1 saturated heterocycles. The zero-order chi connectivity index (χ0) is 27.8. The summed E-state index contributed by atoms with van der Waals surface area (Å²) in [6, 6.07) is 7.78. The Hall–Kier alpha value is -3.02. The van der Waals surface area contributed by atoms with E-state index in [0.717, 1.165) is 29.5 Å². The van der Waals surface area contributed by atoms with Gasteiger partial charge in [-0.3, -0.25) is 19.3 Å². The number of esters is 1. The first-order valence-corrected chi connectivity index (χ1v) is 13.7. The Kier molecular flexibility index (Phi) is 10.6. The number of anilines is 1. The minimum atomic E-state index is -0.619. The lowest BCUT2D eigenvalue weighted by Gasteiger charge is -2.13. The molecule has 1 N–H and O–H groups in total. The second kappa shape index (κ2) is 13.7. The standard InChI is InChI=1S/C26H26BrClN2O7S/c1-4-6-9-37-25(33)17-13-16(7-8-19(17)28)29-22(31)14-30-24(32)21(38-26(30)34)12-15-10-18(27)23(35-3)20(11-15)36-5-2/h7-8,10-13H,4-6,9,14H2,1-3H3,(H,29,31)/b21-12+. The number of thioether (sulfide) groups is 1. The van der Waals surface area contributed by atoms with Crippen molar-refractivity contribution >= 4 is 74.1 Å². The van der Waals surface area contributed by atoms with E-state index in [0.29, 0.717) is 28.1 Å². The van der Waals surface area contributed by atoms with Gasteiger partial charge in [0.05, 0.1) is 40.3 Å². The number of imide groups is 1. The van der Waals surface area contributed by atoms with Crippen molar-refractivity contribution in [2.75, 3.05) is 32.2 Å². The number of methoxy groups -OCH3 is 1. The molecule has 0 aromatic heterocycles. The van der Waals surface area contributed by atoms with Crippen LogP contribution in [0.5, 0.6) is 11.5 Å². The van der Waals surface area contributed by atoms with Crippen LogP contribution in [0.1, 0.15) is 42.6 Å². The van der Waals surface area contributed by atoms with Crippen LogP contribution in [0.2, 0.25) is 5.02 Å². The fourth-order valence-corrected chi connectivity index (χ4v) is 5.07. The van der Waals surface area contributed by atoms with E-state index in [1.165, 1.54) is 25.3 Å². The second-order valence-corrected chi connectivity index (χ2v) is 10.2. The molecule has 1 aliphatic rings. The van der Waals surface area contributed by atoms with Crippen molar-refractivity contribution in [2.24, 2.45) is 0 Å². The van der Waals surface area contributed by atoms with E-state index in [-0.39, 0.29) is 27.8 Å². The van der Waals surface area contributed by atoms with Gasteiger partial charge in [0.15, 0.2) is 11.5 Å². The average Bonchev–Trinajstić information content (AvgIpc) is 3.12. The Morgan fingerprint density at radius 3 is 2.63 bits per heavy atom. The third-order valence-corrected chi connectivity index (χ3v) is 7.04. The Balaban J connectivity index is 1.71. The summed E-state index contributed by atoms with van der Waals surface area (Å²) >= 11 is 10.3. The number of halogens is 2. The molecular weight excluding hydrogens is 600 g/mol. The van der Waals surface area contributed by atoms with Gasteiger partial charge in [0.2, 0.25) is 5.91 Å². The first kappa shape index (κ1) is 29.5. The van der Waals surface area contributed by atoms with Gasteiger partial charge < -0.3 is 19.5 Å². The predicted octanol–water partition coefficient (Wildman–Crippen LogP) is 6.14. The molecule has 3 amide bonds. The van der Waals surface area contributed by atoms with Gasteiger partial charge in [0.1, 0.15) is 6.54 Å². The van der Waals surface area contributed by atoms with Gasteiger partial charge in [-0.05, 0) is 83.0 Å². The molecule has 38 heavy (non-hydrogen) atoms. The molecule has 0 saturated carbocycles. The lowest BCUT2D eigenvalue weighted by molar-refractivity contribution is -0.127. The van der Waals surface area contributed by atoms with E-state index in [9.17, 15) is 19.2 Å². The van der Waals surface area contributed by atoms with Crippen molar-refractivity contribution in [3.05, 3.63) is 55.9 Å². The zero-order valence-corrected chi connectivity index (χ0v) is 24.1. The first-order valence-electron chi connectivity index (χ1n) is 11.7. The predicted molar refractivity (Wildman–Crippen MR) is 150 cm³/mol. The van der Waals surface area contributed by atoms with E-state index >= 15 is 0 Å². The van der Waals surface area contributed by atoms with Gasteiger partial charge >= 0.3 is 5.97 Å². The molecule has 0 bridgehead atoms. The molecule has 202 valence electrons. The molecule has 0 spiro atoms. The normalized spacial score (nSPS) is 14.1. The number of benzene rings is 2. The largest absolute Gasteiger partial charge is 0.492 e. The molecule has 3 rings (SSSR count).